The average Bonchev–Trinajstić information content (AvgIpc) is 2.98. The summed E-state index contributed by atoms with van der Waals surface area (Å²) in [6.45, 7) is 11.3. The molecule has 0 bridgehead atoms. The molecule has 2 N–H and O–H groups in total. The first-order chi connectivity index (χ1) is 7.89. The summed E-state index contributed by atoms with van der Waals surface area (Å²) in [4.78, 5) is 2.57. The molecule has 2 heteroatoms. The summed E-state index contributed by atoms with van der Waals surface area (Å²) < 4.78 is 0. The summed E-state index contributed by atoms with van der Waals surface area (Å²) in [6.07, 6.45) is 5.30. The van der Waals surface area contributed by atoms with Crippen molar-refractivity contribution in [1.82, 2.24) is 4.90 Å². The molecule has 0 heterocycles. The summed E-state index contributed by atoms with van der Waals surface area (Å²) in [5.74, 6) is 2.39. The smallest absolute Gasteiger partial charge is 0.0333 e. The Bertz CT molecular complexity index is 209. The molecule has 0 aliphatic heterocycles. The molecular weight excluding hydrogens is 208 g/mol. The van der Waals surface area contributed by atoms with E-state index in [2.05, 4.69) is 39.6 Å². The van der Waals surface area contributed by atoms with Crippen LogP contribution in [0.2, 0.25) is 0 Å². The Hall–Kier alpha value is -0.0800. The fourth-order valence-corrected chi connectivity index (χ4v) is 3.12. The lowest BCUT2D eigenvalue weighted by molar-refractivity contribution is 0.0739. The molecular formula is C15H32N2. The number of hydrogen-bond acceptors (Lipinski definition) is 2. The molecule has 0 radical (unpaired) electrons. The van der Waals surface area contributed by atoms with E-state index in [4.69, 9.17) is 5.73 Å². The van der Waals surface area contributed by atoms with Crippen molar-refractivity contribution in [2.75, 3.05) is 20.1 Å². The van der Waals surface area contributed by atoms with Gasteiger partial charge in [-0.05, 0) is 50.5 Å². The molecule has 0 spiro atoms. The van der Waals surface area contributed by atoms with E-state index in [0.29, 0.717) is 0 Å². The van der Waals surface area contributed by atoms with Crippen LogP contribution in [-0.4, -0.2) is 30.6 Å². The van der Waals surface area contributed by atoms with Gasteiger partial charge in [0.1, 0.15) is 0 Å². The predicted molar refractivity (Wildman–Crippen MR) is 76.0 cm³/mol. The molecule has 2 nitrogen and oxygen atoms in total. The van der Waals surface area contributed by atoms with Gasteiger partial charge in [-0.25, -0.2) is 0 Å². The van der Waals surface area contributed by atoms with Gasteiger partial charge in [0.2, 0.25) is 0 Å². The zero-order valence-corrected chi connectivity index (χ0v) is 12.5. The van der Waals surface area contributed by atoms with Gasteiger partial charge in [0, 0.05) is 18.6 Å². The van der Waals surface area contributed by atoms with Crippen molar-refractivity contribution >= 4 is 0 Å². The van der Waals surface area contributed by atoms with Crippen LogP contribution < -0.4 is 5.73 Å². The van der Waals surface area contributed by atoms with E-state index in [1.54, 1.807) is 0 Å². The topological polar surface area (TPSA) is 29.3 Å². The van der Waals surface area contributed by atoms with Gasteiger partial charge in [0.05, 0.1) is 0 Å². The van der Waals surface area contributed by atoms with Crippen LogP contribution in [0.3, 0.4) is 0 Å². The standard InChI is InChI=1S/C15H32N2/c1-12(2)8-15(11-16,9-13(3)4)17(5)10-14-6-7-14/h12-14H,6-11,16H2,1-5H3. The first-order valence-electron chi connectivity index (χ1n) is 7.31. The molecule has 0 saturated heterocycles. The van der Waals surface area contributed by atoms with Crippen molar-refractivity contribution in [3.63, 3.8) is 0 Å². The highest BCUT2D eigenvalue weighted by atomic mass is 15.2. The lowest BCUT2D eigenvalue weighted by Gasteiger charge is -2.44. The Labute approximate surface area is 108 Å². The van der Waals surface area contributed by atoms with Crippen LogP contribution in [0.15, 0.2) is 0 Å². The second-order valence-electron chi connectivity index (χ2n) is 6.95. The van der Waals surface area contributed by atoms with Crippen LogP contribution in [0.4, 0.5) is 0 Å². The SMILES string of the molecule is CC(C)CC(CN)(CC(C)C)N(C)CC1CC1. The van der Waals surface area contributed by atoms with E-state index < -0.39 is 0 Å². The van der Waals surface area contributed by atoms with Gasteiger partial charge in [0.25, 0.3) is 0 Å². The molecule has 1 saturated carbocycles. The highest BCUT2D eigenvalue weighted by molar-refractivity contribution is 4.94. The molecule has 102 valence electrons. The maximum Gasteiger partial charge on any atom is 0.0333 e. The van der Waals surface area contributed by atoms with E-state index in [0.717, 1.165) is 24.3 Å². The van der Waals surface area contributed by atoms with Gasteiger partial charge < -0.3 is 5.73 Å². The Morgan fingerprint density at radius 2 is 1.59 bits per heavy atom. The van der Waals surface area contributed by atoms with Gasteiger partial charge in [-0.15, -0.1) is 0 Å². The molecule has 0 aromatic carbocycles. The lowest BCUT2D eigenvalue weighted by atomic mass is 9.80. The Morgan fingerprint density at radius 3 is 1.88 bits per heavy atom. The number of rotatable bonds is 8. The summed E-state index contributed by atoms with van der Waals surface area (Å²) >= 11 is 0. The maximum atomic E-state index is 6.16. The molecule has 0 amide bonds. The van der Waals surface area contributed by atoms with E-state index in [1.807, 2.05) is 0 Å². The summed E-state index contributed by atoms with van der Waals surface area (Å²) in [5.41, 5.74) is 6.39. The fourth-order valence-electron chi connectivity index (χ4n) is 3.12. The van der Waals surface area contributed by atoms with Gasteiger partial charge in [-0.1, -0.05) is 27.7 Å². The van der Waals surface area contributed by atoms with Crippen LogP contribution in [0.5, 0.6) is 0 Å². The molecule has 17 heavy (non-hydrogen) atoms. The molecule has 1 rings (SSSR count). The van der Waals surface area contributed by atoms with E-state index in [9.17, 15) is 0 Å². The van der Waals surface area contributed by atoms with E-state index >= 15 is 0 Å². The zero-order valence-electron chi connectivity index (χ0n) is 12.5. The molecule has 1 aliphatic carbocycles. The van der Waals surface area contributed by atoms with E-state index in [-0.39, 0.29) is 5.54 Å². The summed E-state index contributed by atoms with van der Waals surface area (Å²) in [7, 11) is 2.29. The van der Waals surface area contributed by atoms with Crippen LogP contribution in [0, 0.1) is 17.8 Å². The Balaban J connectivity index is 2.71. The minimum Gasteiger partial charge on any atom is -0.329 e. The Kier molecular flexibility index (Phi) is 5.46. The Morgan fingerprint density at radius 1 is 1.12 bits per heavy atom. The molecule has 1 aliphatic rings. The number of nitrogens with zero attached hydrogens (tertiary/aromatic N) is 1. The summed E-state index contributed by atoms with van der Waals surface area (Å²) in [5, 5.41) is 0. The minimum absolute atomic E-state index is 0.227. The van der Waals surface area contributed by atoms with Crippen molar-refractivity contribution in [3.8, 4) is 0 Å². The second kappa shape index (κ2) is 6.19. The van der Waals surface area contributed by atoms with Gasteiger partial charge >= 0.3 is 0 Å². The number of nitrogens with two attached hydrogens (primary N) is 1. The quantitative estimate of drug-likeness (QED) is 0.706. The number of hydrogen-bond donors (Lipinski definition) is 1. The van der Waals surface area contributed by atoms with Gasteiger partial charge in [-0.2, -0.15) is 0 Å². The predicted octanol–water partition coefficient (Wildman–Crippen LogP) is 3.12. The first kappa shape index (κ1) is 15.0. The minimum atomic E-state index is 0.227. The lowest BCUT2D eigenvalue weighted by Crippen LogP contribution is -2.54. The zero-order chi connectivity index (χ0) is 13.1. The second-order valence-corrected chi connectivity index (χ2v) is 6.95. The molecule has 0 aromatic heterocycles. The molecule has 1 fully saturated rings. The highest BCUT2D eigenvalue weighted by Crippen LogP contribution is 2.35. The molecule has 0 unspecified atom stereocenters. The number of likely N-dealkylation sites (N-methyl/N-ethyl adjacent to an activating group) is 1. The van der Waals surface area contributed by atoms with Crippen molar-refractivity contribution in [3.05, 3.63) is 0 Å². The highest BCUT2D eigenvalue weighted by Gasteiger charge is 2.37. The molecule has 0 atom stereocenters. The van der Waals surface area contributed by atoms with E-state index in [1.165, 1.54) is 32.2 Å². The maximum absolute atomic E-state index is 6.16. The normalized spacial score (nSPS) is 17.5. The van der Waals surface area contributed by atoms with Crippen LogP contribution in [-0.2, 0) is 0 Å². The van der Waals surface area contributed by atoms with Gasteiger partial charge in [0.15, 0.2) is 0 Å². The van der Waals surface area contributed by atoms with Crippen molar-refractivity contribution < 1.29 is 0 Å². The summed E-state index contributed by atoms with van der Waals surface area (Å²) in [6, 6.07) is 0. The van der Waals surface area contributed by atoms with Crippen molar-refractivity contribution in [1.29, 1.82) is 0 Å². The van der Waals surface area contributed by atoms with Crippen molar-refractivity contribution in [2.24, 2.45) is 23.5 Å². The first-order valence-corrected chi connectivity index (χ1v) is 7.31. The average molecular weight is 240 g/mol. The fraction of sp³-hybridized carbons (Fsp3) is 1.00. The van der Waals surface area contributed by atoms with Crippen molar-refractivity contribution in [2.45, 2.75) is 58.9 Å². The van der Waals surface area contributed by atoms with Gasteiger partial charge in [-0.3, -0.25) is 4.90 Å². The van der Waals surface area contributed by atoms with Crippen LogP contribution in [0.1, 0.15) is 53.4 Å². The third kappa shape index (κ3) is 4.59. The largest absolute Gasteiger partial charge is 0.329 e. The van der Waals surface area contributed by atoms with Crippen LogP contribution >= 0.6 is 0 Å². The van der Waals surface area contributed by atoms with Crippen LogP contribution in [0.25, 0.3) is 0 Å². The monoisotopic (exact) mass is 240 g/mol. The molecule has 0 aromatic rings. The third-order valence-corrected chi connectivity index (χ3v) is 4.00. The third-order valence-electron chi connectivity index (χ3n) is 4.00.